The van der Waals surface area contributed by atoms with Gasteiger partial charge in [-0.1, -0.05) is 6.07 Å². The Balaban J connectivity index is 1.80. The van der Waals surface area contributed by atoms with Crippen LogP contribution >= 0.6 is 0 Å². The van der Waals surface area contributed by atoms with Gasteiger partial charge in [0.2, 0.25) is 5.91 Å². The summed E-state index contributed by atoms with van der Waals surface area (Å²) in [5, 5.41) is 2.90. The summed E-state index contributed by atoms with van der Waals surface area (Å²) in [6.07, 6.45) is 1.80. The van der Waals surface area contributed by atoms with Crippen LogP contribution in [0.5, 0.6) is 0 Å². The smallest absolute Gasteiger partial charge is 0.251 e. The van der Waals surface area contributed by atoms with Gasteiger partial charge in [0.15, 0.2) is 0 Å². The molecule has 0 aromatic heterocycles. The highest BCUT2D eigenvalue weighted by Crippen LogP contribution is 2.13. The van der Waals surface area contributed by atoms with Crippen LogP contribution in [0.4, 0.5) is 4.39 Å². The molecule has 5 nitrogen and oxygen atoms in total. The highest BCUT2D eigenvalue weighted by molar-refractivity contribution is 5.94. The van der Waals surface area contributed by atoms with E-state index in [4.69, 9.17) is 4.74 Å². The molecule has 1 N–H and O–H groups in total. The first-order valence-electron chi connectivity index (χ1n) is 7.43. The molecule has 1 aliphatic heterocycles. The number of carbonyl (C=O) groups excluding carboxylic acids is 2. The number of benzene rings is 1. The number of carbonyl (C=O) groups is 2. The lowest BCUT2D eigenvalue weighted by atomic mass is 10.0. The minimum Gasteiger partial charge on any atom is -0.384 e. The van der Waals surface area contributed by atoms with E-state index in [1.807, 2.05) is 0 Å². The number of piperidine rings is 1. The van der Waals surface area contributed by atoms with Crippen molar-refractivity contribution >= 4 is 11.8 Å². The van der Waals surface area contributed by atoms with Gasteiger partial charge in [-0.2, -0.15) is 0 Å². The molecule has 1 fully saturated rings. The summed E-state index contributed by atoms with van der Waals surface area (Å²) in [4.78, 5) is 25.7. The van der Waals surface area contributed by atoms with Gasteiger partial charge in [-0.25, -0.2) is 4.39 Å². The lowest BCUT2D eigenvalue weighted by molar-refractivity contribution is -0.133. The fraction of sp³-hybridized carbons (Fsp3) is 0.500. The molecule has 1 aliphatic rings. The Morgan fingerprint density at radius 3 is 2.73 bits per heavy atom. The molecule has 0 saturated carbocycles. The van der Waals surface area contributed by atoms with E-state index >= 15 is 0 Å². The van der Waals surface area contributed by atoms with Crippen molar-refractivity contribution in [3.05, 3.63) is 35.6 Å². The summed E-state index contributed by atoms with van der Waals surface area (Å²) >= 11 is 0. The van der Waals surface area contributed by atoms with Crippen molar-refractivity contribution in [2.45, 2.75) is 25.3 Å². The molecule has 1 heterocycles. The van der Waals surface area contributed by atoms with E-state index in [9.17, 15) is 14.0 Å². The Labute approximate surface area is 129 Å². The van der Waals surface area contributed by atoms with Crippen molar-refractivity contribution in [3.63, 3.8) is 0 Å². The molecular weight excluding hydrogens is 287 g/mol. The topological polar surface area (TPSA) is 58.6 Å². The summed E-state index contributed by atoms with van der Waals surface area (Å²) in [6, 6.07) is 5.64. The molecular formula is C16H21FN2O3. The van der Waals surface area contributed by atoms with E-state index in [1.54, 1.807) is 18.1 Å². The zero-order valence-electron chi connectivity index (χ0n) is 12.7. The van der Waals surface area contributed by atoms with Crippen LogP contribution in [0.15, 0.2) is 24.3 Å². The van der Waals surface area contributed by atoms with Gasteiger partial charge in [-0.3, -0.25) is 9.59 Å². The molecule has 6 heteroatoms. The number of hydrogen-bond donors (Lipinski definition) is 1. The van der Waals surface area contributed by atoms with Gasteiger partial charge in [0.25, 0.3) is 5.91 Å². The number of rotatable bonds is 5. The monoisotopic (exact) mass is 308 g/mol. The summed E-state index contributed by atoms with van der Waals surface area (Å²) in [6.45, 7) is 1.67. The third kappa shape index (κ3) is 4.53. The number of ether oxygens (including phenoxy) is 1. The van der Waals surface area contributed by atoms with Crippen LogP contribution < -0.4 is 5.32 Å². The van der Waals surface area contributed by atoms with Crippen LogP contribution in [0.3, 0.4) is 0 Å². The molecule has 1 aromatic rings. The predicted octanol–water partition coefficient (Wildman–Crippen LogP) is 1.58. The van der Waals surface area contributed by atoms with Crippen LogP contribution in [-0.2, 0) is 9.53 Å². The van der Waals surface area contributed by atoms with Crippen LogP contribution in [0.1, 0.15) is 29.6 Å². The number of halogens is 1. The normalized spacial score (nSPS) is 15.6. The minimum atomic E-state index is -0.425. The van der Waals surface area contributed by atoms with Crippen LogP contribution in [0, 0.1) is 5.82 Å². The number of amides is 2. The van der Waals surface area contributed by atoms with Crippen molar-refractivity contribution in [3.8, 4) is 0 Å². The summed E-state index contributed by atoms with van der Waals surface area (Å²) in [5.41, 5.74) is 0.318. The van der Waals surface area contributed by atoms with Crippen molar-refractivity contribution in [1.29, 1.82) is 0 Å². The van der Waals surface area contributed by atoms with E-state index in [1.165, 1.54) is 18.2 Å². The zero-order chi connectivity index (χ0) is 15.9. The molecule has 1 aromatic carbocycles. The molecule has 0 radical (unpaired) electrons. The number of likely N-dealkylation sites (tertiary alicyclic amines) is 1. The largest absolute Gasteiger partial charge is 0.384 e. The zero-order valence-corrected chi connectivity index (χ0v) is 12.7. The number of nitrogens with one attached hydrogen (secondary N) is 1. The Morgan fingerprint density at radius 2 is 2.09 bits per heavy atom. The van der Waals surface area contributed by atoms with Gasteiger partial charge < -0.3 is 15.0 Å². The molecule has 1 saturated heterocycles. The van der Waals surface area contributed by atoms with E-state index in [0.717, 1.165) is 0 Å². The summed E-state index contributed by atoms with van der Waals surface area (Å²) in [7, 11) is 1.57. The van der Waals surface area contributed by atoms with Gasteiger partial charge >= 0.3 is 0 Å². The van der Waals surface area contributed by atoms with E-state index in [2.05, 4.69) is 5.32 Å². The molecule has 2 rings (SSSR count). The van der Waals surface area contributed by atoms with Crippen LogP contribution in [0.25, 0.3) is 0 Å². The number of hydrogen-bond acceptors (Lipinski definition) is 3. The Morgan fingerprint density at radius 1 is 1.36 bits per heavy atom. The van der Waals surface area contributed by atoms with E-state index < -0.39 is 5.82 Å². The first-order chi connectivity index (χ1) is 10.6. The quantitative estimate of drug-likeness (QED) is 0.898. The lowest BCUT2D eigenvalue weighted by Crippen LogP contribution is -2.46. The standard InChI is InChI=1S/C16H21FN2O3/c1-22-10-7-15(20)19-8-5-14(6-9-19)18-16(21)12-3-2-4-13(17)11-12/h2-4,11,14H,5-10H2,1H3,(H,18,21). The Bertz CT molecular complexity index is 528. The van der Waals surface area contributed by atoms with Gasteiger partial charge in [-0.05, 0) is 31.0 Å². The van der Waals surface area contributed by atoms with E-state index in [-0.39, 0.29) is 17.9 Å². The maximum atomic E-state index is 13.1. The molecule has 0 unspecified atom stereocenters. The van der Waals surface area contributed by atoms with E-state index in [0.29, 0.717) is 44.5 Å². The molecule has 22 heavy (non-hydrogen) atoms. The fourth-order valence-corrected chi connectivity index (χ4v) is 2.52. The first kappa shape index (κ1) is 16.4. The molecule has 0 bridgehead atoms. The third-order valence-electron chi connectivity index (χ3n) is 3.79. The van der Waals surface area contributed by atoms with Crippen molar-refractivity contribution in [2.75, 3.05) is 26.8 Å². The van der Waals surface area contributed by atoms with Crippen LogP contribution in [-0.4, -0.2) is 49.6 Å². The molecule has 0 atom stereocenters. The molecule has 120 valence electrons. The lowest BCUT2D eigenvalue weighted by Gasteiger charge is -2.32. The second kappa shape index (κ2) is 7.89. The van der Waals surface area contributed by atoms with Crippen molar-refractivity contribution in [2.24, 2.45) is 0 Å². The summed E-state index contributed by atoms with van der Waals surface area (Å²) < 4.78 is 18.0. The average molecular weight is 308 g/mol. The second-order valence-corrected chi connectivity index (χ2v) is 5.38. The molecule has 0 aliphatic carbocycles. The van der Waals surface area contributed by atoms with Gasteiger partial charge in [-0.15, -0.1) is 0 Å². The Kier molecular flexibility index (Phi) is 5.89. The Hall–Kier alpha value is -1.95. The molecule has 2 amide bonds. The third-order valence-corrected chi connectivity index (χ3v) is 3.79. The number of nitrogens with zero attached hydrogens (tertiary/aromatic N) is 1. The highest BCUT2D eigenvalue weighted by atomic mass is 19.1. The van der Waals surface area contributed by atoms with Crippen LogP contribution in [0.2, 0.25) is 0 Å². The van der Waals surface area contributed by atoms with Gasteiger partial charge in [0, 0.05) is 31.8 Å². The van der Waals surface area contributed by atoms with Crippen molar-refractivity contribution < 1.29 is 18.7 Å². The maximum absolute atomic E-state index is 13.1. The maximum Gasteiger partial charge on any atom is 0.251 e. The average Bonchev–Trinajstić information content (AvgIpc) is 2.53. The highest BCUT2D eigenvalue weighted by Gasteiger charge is 2.23. The van der Waals surface area contributed by atoms with Crippen molar-refractivity contribution in [1.82, 2.24) is 10.2 Å². The number of methoxy groups -OCH3 is 1. The predicted molar refractivity (Wildman–Crippen MR) is 80.0 cm³/mol. The van der Waals surface area contributed by atoms with Gasteiger partial charge in [0.1, 0.15) is 5.82 Å². The first-order valence-corrected chi connectivity index (χ1v) is 7.43. The fourth-order valence-electron chi connectivity index (χ4n) is 2.52. The minimum absolute atomic E-state index is 0.0160. The second-order valence-electron chi connectivity index (χ2n) is 5.38. The SMILES string of the molecule is COCCC(=O)N1CCC(NC(=O)c2cccc(F)c2)CC1. The molecule has 0 spiro atoms. The van der Waals surface area contributed by atoms with Gasteiger partial charge in [0.05, 0.1) is 13.0 Å². The summed E-state index contributed by atoms with van der Waals surface area (Å²) in [5.74, 6) is -0.619.